The van der Waals surface area contributed by atoms with Crippen LogP contribution in [0.4, 0.5) is 0 Å². The Kier molecular flexibility index (Phi) is 5.02. The van der Waals surface area contributed by atoms with Gasteiger partial charge in [-0.1, -0.05) is 50.1 Å². The van der Waals surface area contributed by atoms with Crippen LogP contribution in [-0.2, 0) is 6.42 Å². The van der Waals surface area contributed by atoms with Crippen molar-refractivity contribution in [2.45, 2.75) is 12.5 Å². The summed E-state index contributed by atoms with van der Waals surface area (Å²) in [6.07, 6.45) is -0.0316. The number of hydrogen-bond donors (Lipinski definition) is 1. The topological polar surface area (TPSA) is 29.5 Å². The normalized spacial score (nSPS) is 12.2. The van der Waals surface area contributed by atoms with Crippen molar-refractivity contribution in [2.24, 2.45) is 0 Å². The summed E-state index contributed by atoms with van der Waals surface area (Å²) in [7, 11) is 1.62. The molecule has 0 radical (unpaired) electrons. The van der Waals surface area contributed by atoms with Crippen molar-refractivity contribution < 1.29 is 9.84 Å². The molecule has 0 bridgehead atoms. The van der Waals surface area contributed by atoms with Crippen LogP contribution in [0.25, 0.3) is 0 Å². The predicted molar refractivity (Wildman–Crippen MR) is 83.5 cm³/mol. The second-order valence-electron chi connectivity index (χ2n) is 4.20. The van der Waals surface area contributed by atoms with Crippen LogP contribution in [0.2, 0.25) is 0 Å². The van der Waals surface area contributed by atoms with Crippen LogP contribution >= 0.6 is 31.9 Å². The van der Waals surface area contributed by atoms with Crippen LogP contribution in [0.15, 0.2) is 51.4 Å². The van der Waals surface area contributed by atoms with Gasteiger partial charge in [0.15, 0.2) is 0 Å². The van der Waals surface area contributed by atoms with Crippen LogP contribution in [0.5, 0.6) is 5.75 Å². The second kappa shape index (κ2) is 6.55. The van der Waals surface area contributed by atoms with Crippen molar-refractivity contribution in [3.63, 3.8) is 0 Å². The Bertz CT molecular complexity index is 570. The van der Waals surface area contributed by atoms with Crippen molar-refractivity contribution in [3.05, 3.63) is 62.5 Å². The van der Waals surface area contributed by atoms with Crippen LogP contribution in [-0.4, -0.2) is 12.2 Å². The van der Waals surface area contributed by atoms with E-state index in [0.29, 0.717) is 6.42 Å². The maximum Gasteiger partial charge on any atom is 0.119 e. The number of rotatable bonds is 4. The van der Waals surface area contributed by atoms with E-state index in [1.807, 2.05) is 42.5 Å². The van der Waals surface area contributed by atoms with Gasteiger partial charge in [-0.05, 0) is 35.4 Å². The summed E-state index contributed by atoms with van der Waals surface area (Å²) in [6.45, 7) is 0. The zero-order valence-electron chi connectivity index (χ0n) is 10.4. The molecule has 2 rings (SSSR count). The summed E-state index contributed by atoms with van der Waals surface area (Å²) in [5, 5.41) is 10.4. The largest absolute Gasteiger partial charge is 0.497 e. The van der Waals surface area contributed by atoms with Gasteiger partial charge in [0.25, 0.3) is 0 Å². The Balaban J connectivity index is 2.25. The zero-order chi connectivity index (χ0) is 13.8. The first-order valence-corrected chi connectivity index (χ1v) is 7.45. The van der Waals surface area contributed by atoms with Gasteiger partial charge in [0.1, 0.15) is 5.75 Å². The van der Waals surface area contributed by atoms with Crippen LogP contribution in [0.1, 0.15) is 17.2 Å². The molecule has 1 unspecified atom stereocenters. The number of hydrogen-bond acceptors (Lipinski definition) is 2. The first-order valence-electron chi connectivity index (χ1n) is 5.86. The number of halogens is 2. The average Bonchev–Trinajstić information content (AvgIpc) is 2.42. The van der Waals surface area contributed by atoms with Gasteiger partial charge in [-0.2, -0.15) is 0 Å². The van der Waals surface area contributed by atoms with Gasteiger partial charge in [-0.15, -0.1) is 0 Å². The highest BCUT2D eigenvalue weighted by atomic mass is 79.9. The quantitative estimate of drug-likeness (QED) is 0.839. The van der Waals surface area contributed by atoms with Crippen molar-refractivity contribution in [3.8, 4) is 5.75 Å². The lowest BCUT2D eigenvalue weighted by molar-refractivity contribution is 0.177. The molecule has 0 aliphatic rings. The molecule has 4 heteroatoms. The molecule has 0 aliphatic carbocycles. The van der Waals surface area contributed by atoms with Gasteiger partial charge in [0, 0.05) is 15.4 Å². The van der Waals surface area contributed by atoms with E-state index in [-0.39, 0.29) is 0 Å². The van der Waals surface area contributed by atoms with Crippen molar-refractivity contribution in [1.82, 2.24) is 0 Å². The van der Waals surface area contributed by atoms with E-state index in [0.717, 1.165) is 25.8 Å². The lowest BCUT2D eigenvalue weighted by atomic mass is 10.0. The van der Waals surface area contributed by atoms with E-state index in [9.17, 15) is 5.11 Å². The third-order valence-corrected chi connectivity index (χ3v) is 4.43. The van der Waals surface area contributed by atoms with Crippen molar-refractivity contribution in [2.75, 3.05) is 7.11 Å². The Hall–Kier alpha value is -0.840. The minimum absolute atomic E-state index is 0.549. The maximum atomic E-state index is 10.4. The second-order valence-corrected chi connectivity index (χ2v) is 5.91. The van der Waals surface area contributed by atoms with Crippen LogP contribution in [0.3, 0.4) is 0 Å². The maximum absolute atomic E-state index is 10.4. The predicted octanol–water partition coefficient (Wildman–Crippen LogP) is 4.50. The minimum Gasteiger partial charge on any atom is -0.497 e. The molecule has 19 heavy (non-hydrogen) atoms. The molecular weight excluding hydrogens is 372 g/mol. The molecule has 2 aromatic rings. The standard InChI is InChI=1S/C15H14Br2O2/c1-19-11-6-7-14(17)12(9-11)15(18)8-10-4-2-3-5-13(10)16/h2-7,9,15,18H,8H2,1H3. The fraction of sp³-hybridized carbons (Fsp3) is 0.200. The first-order chi connectivity index (χ1) is 9.11. The van der Waals surface area contributed by atoms with E-state index in [1.54, 1.807) is 7.11 Å². The number of benzene rings is 2. The number of aliphatic hydroxyl groups is 1. The van der Waals surface area contributed by atoms with E-state index in [2.05, 4.69) is 31.9 Å². The summed E-state index contributed by atoms with van der Waals surface area (Å²) in [5.74, 6) is 0.740. The Labute approximate surface area is 129 Å². The van der Waals surface area contributed by atoms with Gasteiger partial charge in [-0.3, -0.25) is 0 Å². The third kappa shape index (κ3) is 3.59. The monoisotopic (exact) mass is 384 g/mol. The van der Waals surface area contributed by atoms with Crippen LogP contribution < -0.4 is 4.74 Å². The molecular formula is C15H14Br2O2. The van der Waals surface area contributed by atoms with Gasteiger partial charge in [-0.25, -0.2) is 0 Å². The number of ether oxygens (including phenoxy) is 1. The van der Waals surface area contributed by atoms with Gasteiger partial charge in [0.05, 0.1) is 13.2 Å². The Morgan fingerprint density at radius 1 is 1.11 bits per heavy atom. The molecule has 0 fully saturated rings. The molecule has 1 atom stereocenters. The SMILES string of the molecule is COc1ccc(Br)c(C(O)Cc2ccccc2Br)c1. The fourth-order valence-corrected chi connectivity index (χ4v) is 2.84. The highest BCUT2D eigenvalue weighted by Crippen LogP contribution is 2.31. The molecule has 0 aliphatic heterocycles. The minimum atomic E-state index is -0.580. The summed E-state index contributed by atoms with van der Waals surface area (Å²) in [6, 6.07) is 13.5. The third-order valence-electron chi connectivity index (χ3n) is 2.93. The lowest BCUT2D eigenvalue weighted by Gasteiger charge is -2.15. The molecule has 2 aromatic carbocycles. The highest BCUT2D eigenvalue weighted by Gasteiger charge is 2.14. The number of aliphatic hydroxyl groups excluding tert-OH is 1. The fourth-order valence-electron chi connectivity index (χ4n) is 1.89. The van der Waals surface area contributed by atoms with E-state index in [4.69, 9.17) is 4.74 Å². The molecule has 0 heterocycles. The Morgan fingerprint density at radius 2 is 1.84 bits per heavy atom. The Morgan fingerprint density at radius 3 is 2.53 bits per heavy atom. The molecule has 1 N–H and O–H groups in total. The van der Waals surface area contributed by atoms with E-state index >= 15 is 0 Å². The molecule has 2 nitrogen and oxygen atoms in total. The molecule has 0 amide bonds. The van der Waals surface area contributed by atoms with Gasteiger partial charge in [0.2, 0.25) is 0 Å². The first kappa shape index (κ1) is 14.6. The van der Waals surface area contributed by atoms with Crippen molar-refractivity contribution in [1.29, 1.82) is 0 Å². The molecule has 100 valence electrons. The smallest absolute Gasteiger partial charge is 0.119 e. The average molecular weight is 386 g/mol. The van der Waals surface area contributed by atoms with Crippen LogP contribution in [0, 0.1) is 0 Å². The van der Waals surface area contributed by atoms with Gasteiger partial charge < -0.3 is 9.84 Å². The highest BCUT2D eigenvalue weighted by molar-refractivity contribution is 9.10. The van der Waals surface area contributed by atoms with Crippen molar-refractivity contribution >= 4 is 31.9 Å². The summed E-state index contributed by atoms with van der Waals surface area (Å²) >= 11 is 6.96. The van der Waals surface area contributed by atoms with Gasteiger partial charge >= 0.3 is 0 Å². The summed E-state index contributed by atoms with van der Waals surface area (Å²) < 4.78 is 7.08. The molecule has 0 spiro atoms. The van der Waals surface area contributed by atoms with E-state index < -0.39 is 6.10 Å². The number of methoxy groups -OCH3 is 1. The molecule has 0 saturated heterocycles. The molecule has 0 aromatic heterocycles. The summed E-state index contributed by atoms with van der Waals surface area (Å²) in [5.41, 5.74) is 1.90. The zero-order valence-corrected chi connectivity index (χ0v) is 13.6. The van der Waals surface area contributed by atoms with E-state index in [1.165, 1.54) is 0 Å². The lowest BCUT2D eigenvalue weighted by Crippen LogP contribution is -2.03. The molecule has 0 saturated carbocycles. The summed E-state index contributed by atoms with van der Waals surface area (Å²) in [4.78, 5) is 0.